The van der Waals surface area contributed by atoms with Crippen molar-refractivity contribution < 1.29 is 22.0 Å². The first-order valence-corrected chi connectivity index (χ1v) is 6.07. The molecule has 0 radical (unpaired) electrons. The molecule has 0 spiro atoms. The Kier molecular flexibility index (Phi) is 4.35. The number of nitrogens with zero attached hydrogens (tertiary/aromatic N) is 1. The lowest BCUT2D eigenvalue weighted by atomic mass is 10.1. The molecule has 0 aliphatic rings. The monoisotopic (exact) mass is 271 g/mol. The Morgan fingerprint density at radius 3 is 2.24 bits per heavy atom. The Bertz CT molecular complexity index is 360. The van der Waals surface area contributed by atoms with Crippen molar-refractivity contribution in [3.63, 3.8) is 0 Å². The smallest absolute Gasteiger partial charge is 0.254 e. The second kappa shape index (κ2) is 5.20. The van der Waals surface area contributed by atoms with E-state index in [4.69, 9.17) is 0 Å². The molecule has 0 aliphatic heterocycles. The molecule has 1 rings (SSSR count). The number of alkyl halides is 5. The van der Waals surface area contributed by atoms with Crippen LogP contribution in [-0.2, 0) is 12.3 Å². The largest absolute Gasteiger partial charge is 0.459 e. The van der Waals surface area contributed by atoms with Gasteiger partial charge in [0.2, 0.25) is 0 Å². The van der Waals surface area contributed by atoms with Gasteiger partial charge in [0.05, 0.1) is 0 Å². The molecule has 0 saturated carbocycles. The summed E-state index contributed by atoms with van der Waals surface area (Å²) in [6, 6.07) is 1.97. The van der Waals surface area contributed by atoms with Crippen LogP contribution in [0.15, 0.2) is 18.3 Å². The third-order valence-electron chi connectivity index (χ3n) is 2.10. The minimum Gasteiger partial charge on any atom is -0.254 e. The Hall–Kier alpha value is -0.850. The molecule has 0 unspecified atom stereocenters. The number of halogens is 5. The zero-order valence-corrected chi connectivity index (χ0v) is 9.71. The van der Waals surface area contributed by atoms with Crippen LogP contribution in [0.2, 0.25) is 0 Å². The number of thioether (sulfide) groups is 1. The van der Waals surface area contributed by atoms with Crippen LogP contribution < -0.4 is 0 Å². The first-order valence-electron chi connectivity index (χ1n) is 4.68. The van der Waals surface area contributed by atoms with Crippen LogP contribution >= 0.6 is 11.8 Å². The highest BCUT2D eigenvalue weighted by Gasteiger charge is 2.59. The maximum absolute atomic E-state index is 12.9. The summed E-state index contributed by atoms with van der Waals surface area (Å²) in [6.45, 7) is 0. The summed E-state index contributed by atoms with van der Waals surface area (Å²) >= 11 is 1.55. The van der Waals surface area contributed by atoms with E-state index in [0.717, 1.165) is 18.0 Å². The lowest BCUT2D eigenvalue weighted by molar-refractivity contribution is -0.290. The summed E-state index contributed by atoms with van der Waals surface area (Å²) in [5.74, 6) is -4.14. The van der Waals surface area contributed by atoms with E-state index in [-0.39, 0.29) is 0 Å². The van der Waals surface area contributed by atoms with Crippen molar-refractivity contribution in [2.45, 2.75) is 18.5 Å². The van der Waals surface area contributed by atoms with E-state index in [9.17, 15) is 22.0 Å². The molecule has 0 aromatic carbocycles. The first kappa shape index (κ1) is 14.2. The summed E-state index contributed by atoms with van der Waals surface area (Å²) < 4.78 is 61.8. The van der Waals surface area contributed by atoms with Crippen LogP contribution in [0, 0.1) is 0 Å². The van der Waals surface area contributed by atoms with Gasteiger partial charge in [-0.3, -0.25) is 4.98 Å². The standard InChI is InChI=1S/C10H10F5NS/c1-17-5-4-7-2-3-8(16-6-7)9(11,12)10(13,14)15/h2-3,6H,4-5H2,1H3. The predicted octanol–water partition coefficient (Wildman–Crippen LogP) is 3.64. The molecule has 0 saturated heterocycles. The van der Waals surface area contributed by atoms with Crippen molar-refractivity contribution in [3.8, 4) is 0 Å². The lowest BCUT2D eigenvalue weighted by Crippen LogP contribution is -2.34. The molecular formula is C10H10F5NS. The normalized spacial score (nSPS) is 12.8. The van der Waals surface area contributed by atoms with Crippen LogP contribution in [-0.4, -0.2) is 23.2 Å². The maximum Gasteiger partial charge on any atom is 0.459 e. The van der Waals surface area contributed by atoms with Crippen molar-refractivity contribution in [3.05, 3.63) is 29.6 Å². The van der Waals surface area contributed by atoms with Gasteiger partial charge in [-0.1, -0.05) is 6.07 Å². The van der Waals surface area contributed by atoms with E-state index < -0.39 is 17.8 Å². The fourth-order valence-corrected chi connectivity index (χ4v) is 1.56. The number of hydrogen-bond donors (Lipinski definition) is 0. The number of rotatable bonds is 4. The molecule has 1 aromatic rings. The zero-order valence-electron chi connectivity index (χ0n) is 8.89. The Labute approximate surface area is 99.4 Å². The second-order valence-electron chi connectivity index (χ2n) is 3.37. The molecule has 0 amide bonds. The summed E-state index contributed by atoms with van der Waals surface area (Å²) in [4.78, 5) is 3.19. The van der Waals surface area contributed by atoms with E-state index in [1.807, 2.05) is 6.26 Å². The third-order valence-corrected chi connectivity index (χ3v) is 2.71. The predicted molar refractivity (Wildman–Crippen MR) is 56.3 cm³/mol. The average molecular weight is 271 g/mol. The van der Waals surface area contributed by atoms with Gasteiger partial charge in [0.15, 0.2) is 0 Å². The molecular weight excluding hydrogens is 261 g/mol. The van der Waals surface area contributed by atoms with Crippen LogP contribution in [0.1, 0.15) is 11.3 Å². The van der Waals surface area contributed by atoms with Gasteiger partial charge < -0.3 is 0 Å². The van der Waals surface area contributed by atoms with E-state index in [2.05, 4.69) is 4.98 Å². The molecule has 0 fully saturated rings. The van der Waals surface area contributed by atoms with Crippen molar-refractivity contribution in [2.24, 2.45) is 0 Å². The average Bonchev–Trinajstić information content (AvgIpc) is 2.25. The SMILES string of the molecule is CSCCc1ccc(C(F)(F)C(F)(F)F)nc1. The van der Waals surface area contributed by atoms with Crippen molar-refractivity contribution >= 4 is 11.8 Å². The fourth-order valence-electron chi connectivity index (χ4n) is 1.12. The summed E-state index contributed by atoms with van der Waals surface area (Å²) in [5.41, 5.74) is -0.626. The molecule has 0 N–H and O–H groups in total. The molecule has 1 aromatic heterocycles. The second-order valence-corrected chi connectivity index (χ2v) is 4.35. The molecule has 0 bridgehead atoms. The topological polar surface area (TPSA) is 12.9 Å². The minimum absolute atomic E-state index is 0.589. The van der Waals surface area contributed by atoms with Gasteiger partial charge in [-0.25, -0.2) is 0 Å². The van der Waals surface area contributed by atoms with Crippen LogP contribution in [0.25, 0.3) is 0 Å². The van der Waals surface area contributed by atoms with E-state index in [1.54, 1.807) is 11.8 Å². The van der Waals surface area contributed by atoms with Crippen molar-refractivity contribution in [1.29, 1.82) is 0 Å². The van der Waals surface area contributed by atoms with Gasteiger partial charge in [0.25, 0.3) is 0 Å². The number of hydrogen-bond acceptors (Lipinski definition) is 2. The molecule has 1 nitrogen and oxygen atoms in total. The highest BCUT2D eigenvalue weighted by Crippen LogP contribution is 2.42. The summed E-state index contributed by atoms with van der Waals surface area (Å²) in [5, 5.41) is 0. The van der Waals surface area contributed by atoms with Crippen LogP contribution in [0.3, 0.4) is 0 Å². The van der Waals surface area contributed by atoms with Gasteiger partial charge >= 0.3 is 12.1 Å². The zero-order chi connectivity index (χ0) is 13.1. The van der Waals surface area contributed by atoms with E-state index >= 15 is 0 Å². The summed E-state index contributed by atoms with van der Waals surface area (Å²) in [6.07, 6.45) is -2.09. The Morgan fingerprint density at radius 2 is 1.82 bits per heavy atom. The number of aryl methyl sites for hydroxylation is 1. The quantitative estimate of drug-likeness (QED) is 0.775. The molecule has 96 valence electrons. The highest BCUT2D eigenvalue weighted by molar-refractivity contribution is 7.98. The lowest BCUT2D eigenvalue weighted by Gasteiger charge is -2.18. The molecule has 0 aliphatic carbocycles. The van der Waals surface area contributed by atoms with Gasteiger partial charge in [0.1, 0.15) is 5.69 Å². The maximum atomic E-state index is 12.9. The van der Waals surface area contributed by atoms with Crippen molar-refractivity contribution in [1.82, 2.24) is 4.98 Å². The van der Waals surface area contributed by atoms with Gasteiger partial charge in [-0.05, 0) is 30.1 Å². The number of pyridine rings is 1. The van der Waals surface area contributed by atoms with Gasteiger partial charge in [0, 0.05) is 6.20 Å². The Balaban J connectivity index is 2.87. The fraction of sp³-hybridized carbons (Fsp3) is 0.500. The number of aromatic nitrogens is 1. The highest BCUT2D eigenvalue weighted by atomic mass is 32.2. The van der Waals surface area contributed by atoms with Gasteiger partial charge in [-0.15, -0.1) is 0 Å². The minimum atomic E-state index is -5.61. The molecule has 7 heteroatoms. The van der Waals surface area contributed by atoms with E-state index in [0.29, 0.717) is 12.0 Å². The van der Waals surface area contributed by atoms with E-state index in [1.165, 1.54) is 6.07 Å². The summed E-state index contributed by atoms with van der Waals surface area (Å²) in [7, 11) is 0. The molecule has 1 heterocycles. The first-order chi connectivity index (χ1) is 7.79. The van der Waals surface area contributed by atoms with Gasteiger partial charge in [-0.2, -0.15) is 33.7 Å². The van der Waals surface area contributed by atoms with Crippen LogP contribution in [0.4, 0.5) is 22.0 Å². The van der Waals surface area contributed by atoms with Crippen molar-refractivity contribution in [2.75, 3.05) is 12.0 Å². The molecule has 0 atom stereocenters. The van der Waals surface area contributed by atoms with Crippen LogP contribution in [0.5, 0.6) is 0 Å². The third kappa shape index (κ3) is 3.31. The molecule has 17 heavy (non-hydrogen) atoms. The Morgan fingerprint density at radius 1 is 1.18 bits per heavy atom.